The van der Waals surface area contributed by atoms with Gasteiger partial charge in [0.2, 0.25) is 0 Å². The van der Waals surface area contributed by atoms with Gasteiger partial charge in [0.05, 0.1) is 10.6 Å². The lowest BCUT2D eigenvalue weighted by Crippen LogP contribution is -2.19. The molecule has 108 valence electrons. The Morgan fingerprint density at radius 2 is 2.05 bits per heavy atom. The molecule has 0 fully saturated rings. The Morgan fingerprint density at radius 1 is 1.35 bits per heavy atom. The molecule has 0 spiro atoms. The second-order valence-corrected chi connectivity index (χ2v) is 5.37. The van der Waals surface area contributed by atoms with Crippen LogP contribution in [0.3, 0.4) is 0 Å². The van der Waals surface area contributed by atoms with E-state index >= 15 is 0 Å². The van der Waals surface area contributed by atoms with E-state index in [0.717, 1.165) is 23.9 Å². The average molecular weight is 304 g/mol. The number of halogens is 4. The SMILES string of the molecule is Cc1csc(CC(N)c2cc(F)ccc2C(F)(F)F)n1. The third-order valence-corrected chi connectivity index (χ3v) is 3.77. The molecule has 0 radical (unpaired) electrons. The van der Waals surface area contributed by atoms with Gasteiger partial charge in [-0.2, -0.15) is 13.2 Å². The van der Waals surface area contributed by atoms with Crippen LogP contribution in [-0.2, 0) is 12.6 Å². The average Bonchev–Trinajstić information content (AvgIpc) is 2.73. The van der Waals surface area contributed by atoms with Crippen LogP contribution in [0.25, 0.3) is 0 Å². The second-order valence-electron chi connectivity index (χ2n) is 4.42. The van der Waals surface area contributed by atoms with Crippen molar-refractivity contribution in [2.75, 3.05) is 0 Å². The Hall–Kier alpha value is -1.47. The van der Waals surface area contributed by atoms with Crippen molar-refractivity contribution >= 4 is 11.3 Å². The van der Waals surface area contributed by atoms with Gasteiger partial charge in [-0.3, -0.25) is 0 Å². The summed E-state index contributed by atoms with van der Waals surface area (Å²) < 4.78 is 51.9. The van der Waals surface area contributed by atoms with Crippen LogP contribution in [0.2, 0.25) is 0 Å². The summed E-state index contributed by atoms with van der Waals surface area (Å²) in [7, 11) is 0. The molecule has 0 aliphatic rings. The number of thiazole rings is 1. The first-order valence-corrected chi connectivity index (χ1v) is 6.68. The minimum absolute atomic E-state index is 0.144. The summed E-state index contributed by atoms with van der Waals surface area (Å²) in [5, 5.41) is 2.42. The number of hydrogen-bond donors (Lipinski definition) is 1. The second kappa shape index (κ2) is 5.49. The standard InChI is InChI=1S/C13H12F4N2S/c1-7-6-20-12(19-7)5-11(18)9-4-8(14)2-3-10(9)13(15,16)17/h2-4,6,11H,5,18H2,1H3. The fourth-order valence-electron chi connectivity index (χ4n) is 1.89. The van der Waals surface area contributed by atoms with Crippen LogP contribution in [0.1, 0.15) is 27.9 Å². The summed E-state index contributed by atoms with van der Waals surface area (Å²) >= 11 is 1.32. The lowest BCUT2D eigenvalue weighted by molar-refractivity contribution is -0.138. The quantitative estimate of drug-likeness (QED) is 0.875. The Kier molecular flexibility index (Phi) is 4.10. The van der Waals surface area contributed by atoms with Gasteiger partial charge in [-0.05, 0) is 30.7 Å². The zero-order valence-electron chi connectivity index (χ0n) is 10.5. The molecule has 1 atom stereocenters. The summed E-state index contributed by atoms with van der Waals surface area (Å²) in [6, 6.07) is 1.39. The number of nitrogens with two attached hydrogens (primary N) is 1. The molecule has 0 aliphatic carbocycles. The van der Waals surface area contributed by atoms with Crippen molar-refractivity contribution in [3.63, 3.8) is 0 Å². The van der Waals surface area contributed by atoms with Crippen LogP contribution in [0, 0.1) is 12.7 Å². The number of alkyl halides is 3. The maximum atomic E-state index is 13.2. The topological polar surface area (TPSA) is 38.9 Å². The van der Waals surface area contributed by atoms with Gasteiger partial charge in [0.1, 0.15) is 5.82 Å². The van der Waals surface area contributed by atoms with E-state index in [1.807, 2.05) is 0 Å². The summed E-state index contributed by atoms with van der Waals surface area (Å²) in [5.41, 5.74) is 5.44. The van der Waals surface area contributed by atoms with Crippen LogP contribution in [-0.4, -0.2) is 4.98 Å². The van der Waals surface area contributed by atoms with Gasteiger partial charge in [0.15, 0.2) is 0 Å². The van der Waals surface area contributed by atoms with Crippen molar-refractivity contribution in [1.29, 1.82) is 0 Å². The fraction of sp³-hybridized carbons (Fsp3) is 0.308. The highest BCUT2D eigenvalue weighted by molar-refractivity contribution is 7.09. The Morgan fingerprint density at radius 3 is 2.60 bits per heavy atom. The van der Waals surface area contributed by atoms with Crippen molar-refractivity contribution in [1.82, 2.24) is 4.98 Å². The number of hydrogen-bond acceptors (Lipinski definition) is 3. The number of aromatic nitrogens is 1. The third-order valence-electron chi connectivity index (χ3n) is 2.78. The van der Waals surface area contributed by atoms with Gasteiger partial charge in [0.25, 0.3) is 0 Å². The molecule has 0 bridgehead atoms. The highest BCUT2D eigenvalue weighted by atomic mass is 32.1. The number of rotatable bonds is 3. The predicted molar refractivity (Wildman–Crippen MR) is 68.9 cm³/mol. The van der Waals surface area contributed by atoms with Crippen molar-refractivity contribution < 1.29 is 17.6 Å². The van der Waals surface area contributed by atoms with Gasteiger partial charge in [-0.1, -0.05) is 0 Å². The van der Waals surface area contributed by atoms with Gasteiger partial charge in [-0.15, -0.1) is 11.3 Å². The highest BCUT2D eigenvalue weighted by Crippen LogP contribution is 2.35. The number of nitrogens with zero attached hydrogens (tertiary/aromatic N) is 1. The van der Waals surface area contributed by atoms with Crippen LogP contribution in [0.15, 0.2) is 23.6 Å². The van der Waals surface area contributed by atoms with Crippen molar-refractivity contribution in [2.45, 2.75) is 25.6 Å². The molecule has 2 nitrogen and oxygen atoms in total. The molecular formula is C13H12F4N2S. The van der Waals surface area contributed by atoms with Gasteiger partial charge in [-0.25, -0.2) is 9.37 Å². The number of aryl methyl sites for hydroxylation is 1. The maximum Gasteiger partial charge on any atom is 0.416 e. The summed E-state index contributed by atoms with van der Waals surface area (Å²) in [6.45, 7) is 1.79. The van der Waals surface area contributed by atoms with Gasteiger partial charge in [0, 0.05) is 23.5 Å². The van der Waals surface area contributed by atoms with Crippen molar-refractivity contribution in [3.8, 4) is 0 Å². The smallest absolute Gasteiger partial charge is 0.324 e. The lowest BCUT2D eigenvalue weighted by Gasteiger charge is -2.17. The third kappa shape index (κ3) is 3.34. The van der Waals surface area contributed by atoms with E-state index in [2.05, 4.69) is 4.98 Å². The van der Waals surface area contributed by atoms with Gasteiger partial charge < -0.3 is 5.73 Å². The molecule has 7 heteroatoms. The largest absolute Gasteiger partial charge is 0.416 e. The van der Waals surface area contributed by atoms with Crippen LogP contribution in [0.4, 0.5) is 17.6 Å². The molecule has 20 heavy (non-hydrogen) atoms. The Bertz CT molecular complexity index is 607. The van der Waals surface area contributed by atoms with E-state index in [9.17, 15) is 17.6 Å². The zero-order valence-corrected chi connectivity index (χ0v) is 11.4. The molecule has 2 aromatic rings. The molecule has 1 aromatic heterocycles. The molecule has 0 aliphatic heterocycles. The van der Waals surface area contributed by atoms with Crippen LogP contribution < -0.4 is 5.73 Å². The lowest BCUT2D eigenvalue weighted by atomic mass is 9.98. The molecule has 1 unspecified atom stereocenters. The first kappa shape index (κ1) is 14.9. The Labute approximate surface area is 117 Å². The molecule has 0 amide bonds. The molecule has 1 heterocycles. The highest BCUT2D eigenvalue weighted by Gasteiger charge is 2.35. The van der Waals surface area contributed by atoms with Crippen molar-refractivity contribution in [3.05, 3.63) is 51.2 Å². The monoisotopic (exact) mass is 304 g/mol. The first-order valence-electron chi connectivity index (χ1n) is 5.80. The molecule has 0 saturated carbocycles. The first-order chi connectivity index (χ1) is 9.27. The van der Waals surface area contributed by atoms with E-state index in [1.54, 1.807) is 12.3 Å². The summed E-state index contributed by atoms with van der Waals surface area (Å²) in [6.07, 6.45) is -4.41. The normalized spacial score (nSPS) is 13.5. The van der Waals surface area contributed by atoms with E-state index in [4.69, 9.17) is 5.73 Å². The molecule has 2 rings (SSSR count). The minimum atomic E-state index is -4.56. The summed E-state index contributed by atoms with van der Waals surface area (Å²) in [5.74, 6) is -0.737. The zero-order chi connectivity index (χ0) is 14.9. The molecular weight excluding hydrogens is 292 g/mol. The minimum Gasteiger partial charge on any atom is -0.324 e. The molecule has 0 saturated heterocycles. The van der Waals surface area contributed by atoms with E-state index in [1.165, 1.54) is 11.3 Å². The molecule has 2 N–H and O–H groups in total. The van der Waals surface area contributed by atoms with E-state index in [-0.39, 0.29) is 12.0 Å². The van der Waals surface area contributed by atoms with E-state index in [0.29, 0.717) is 5.01 Å². The van der Waals surface area contributed by atoms with Crippen LogP contribution in [0.5, 0.6) is 0 Å². The van der Waals surface area contributed by atoms with Gasteiger partial charge >= 0.3 is 6.18 Å². The maximum absolute atomic E-state index is 13.2. The van der Waals surface area contributed by atoms with Crippen molar-refractivity contribution in [2.24, 2.45) is 5.73 Å². The van der Waals surface area contributed by atoms with E-state index < -0.39 is 23.6 Å². The van der Waals surface area contributed by atoms with Crippen LogP contribution >= 0.6 is 11.3 Å². The molecule has 1 aromatic carbocycles. The Balaban J connectivity index is 2.33. The predicted octanol–water partition coefficient (Wildman–Crippen LogP) is 3.85. The number of benzene rings is 1. The summed E-state index contributed by atoms with van der Waals surface area (Å²) in [4.78, 5) is 4.15. The fourth-order valence-corrected chi connectivity index (χ4v) is 2.72.